The van der Waals surface area contributed by atoms with Crippen molar-refractivity contribution in [3.05, 3.63) is 201 Å². The minimum absolute atomic E-state index is 0.241. The van der Waals surface area contributed by atoms with Crippen LogP contribution in [0.3, 0.4) is 0 Å². The molecule has 4 N–H and O–H groups in total. The van der Waals surface area contributed by atoms with Crippen LogP contribution in [0, 0.1) is 0 Å². The van der Waals surface area contributed by atoms with Gasteiger partial charge in [-0.2, -0.15) is 0 Å². The minimum atomic E-state index is -1.77. The number of carbonyl (C=O) groups excluding carboxylic acids is 2. The SMILES string of the molecule is COc1ccc(C(=O)c2ccc(C(O)(c3ccc(OC)cc3)c3ccc(/C(c4ccc(OC)cc4)=c4/cc/c(=C(\C5=NC(=O)C=C5)c5ccc(OC)cc5)[nH]4)[nH]3)[nH]2)cc1. The van der Waals surface area contributed by atoms with E-state index in [0.717, 1.165) is 33.0 Å². The molecule has 7 aromatic rings. The first-order valence-corrected chi connectivity index (χ1v) is 18.7. The number of nitrogens with one attached hydrogen (secondary N) is 3. The van der Waals surface area contributed by atoms with Gasteiger partial charge in [-0.1, -0.05) is 36.4 Å². The lowest BCUT2D eigenvalue weighted by molar-refractivity contribution is -0.113. The van der Waals surface area contributed by atoms with E-state index < -0.39 is 5.60 Å². The number of methoxy groups -OCH3 is 4. The molecular weight excluding hydrogens is 745 g/mol. The van der Waals surface area contributed by atoms with Crippen molar-refractivity contribution in [3.63, 3.8) is 0 Å². The van der Waals surface area contributed by atoms with Gasteiger partial charge in [-0.25, -0.2) is 4.99 Å². The fourth-order valence-corrected chi connectivity index (χ4v) is 7.26. The molecule has 59 heavy (non-hydrogen) atoms. The van der Waals surface area contributed by atoms with Gasteiger partial charge >= 0.3 is 0 Å². The number of aromatic nitrogens is 3. The van der Waals surface area contributed by atoms with Crippen molar-refractivity contribution < 1.29 is 33.6 Å². The summed E-state index contributed by atoms with van der Waals surface area (Å²) in [6.45, 7) is 0. The first-order chi connectivity index (χ1) is 28.7. The number of rotatable bonds is 13. The predicted molar refractivity (Wildman–Crippen MR) is 225 cm³/mol. The lowest BCUT2D eigenvalue weighted by Gasteiger charge is -2.27. The second-order valence-electron chi connectivity index (χ2n) is 13.7. The van der Waals surface area contributed by atoms with Crippen LogP contribution in [0.15, 0.2) is 151 Å². The average Bonchev–Trinajstić information content (AvgIpc) is 4.14. The molecule has 4 aromatic carbocycles. The summed E-state index contributed by atoms with van der Waals surface area (Å²) in [6, 6.07) is 40.3. The summed E-state index contributed by atoms with van der Waals surface area (Å²) < 4.78 is 21.6. The van der Waals surface area contributed by atoms with Crippen LogP contribution >= 0.6 is 0 Å². The monoisotopic (exact) mass is 784 g/mol. The van der Waals surface area contributed by atoms with Gasteiger partial charge in [0, 0.05) is 39.2 Å². The number of aromatic amines is 3. The average molecular weight is 785 g/mol. The Morgan fingerprint density at radius 2 is 0.949 bits per heavy atom. The molecule has 1 aliphatic heterocycles. The molecule has 0 aliphatic carbocycles. The summed E-state index contributed by atoms with van der Waals surface area (Å²) in [4.78, 5) is 40.6. The van der Waals surface area contributed by atoms with Gasteiger partial charge in [0.05, 0.1) is 51.2 Å². The molecule has 1 atom stereocenters. The highest BCUT2D eigenvalue weighted by molar-refractivity contribution is 6.34. The van der Waals surface area contributed by atoms with Crippen LogP contribution in [0.25, 0.3) is 11.1 Å². The quantitative estimate of drug-likeness (QED) is 0.102. The minimum Gasteiger partial charge on any atom is -0.497 e. The van der Waals surface area contributed by atoms with Crippen molar-refractivity contribution in [3.8, 4) is 23.0 Å². The number of ether oxygens (including phenoxy) is 4. The summed E-state index contributed by atoms with van der Waals surface area (Å²) in [5.74, 6) is 2.09. The number of ketones is 1. The summed E-state index contributed by atoms with van der Waals surface area (Å²) in [5.41, 5.74) is 4.78. The molecule has 294 valence electrons. The largest absolute Gasteiger partial charge is 0.497 e. The van der Waals surface area contributed by atoms with Gasteiger partial charge in [-0.15, -0.1) is 0 Å². The van der Waals surface area contributed by atoms with Crippen molar-refractivity contribution in [1.82, 2.24) is 15.0 Å². The Labute approximate surface area is 339 Å². The maximum Gasteiger partial charge on any atom is 0.270 e. The number of amides is 1. The van der Waals surface area contributed by atoms with Crippen molar-refractivity contribution >= 4 is 28.5 Å². The van der Waals surface area contributed by atoms with Gasteiger partial charge in [-0.3, -0.25) is 9.59 Å². The summed E-state index contributed by atoms with van der Waals surface area (Å²) >= 11 is 0. The number of benzene rings is 4. The van der Waals surface area contributed by atoms with Crippen LogP contribution in [-0.2, 0) is 10.4 Å². The van der Waals surface area contributed by atoms with E-state index in [4.69, 9.17) is 18.9 Å². The fraction of sp³-hybridized carbons (Fsp3) is 0.104. The summed E-state index contributed by atoms with van der Waals surface area (Å²) in [7, 11) is 6.38. The van der Waals surface area contributed by atoms with E-state index in [1.54, 1.807) is 95.2 Å². The number of carbonyl (C=O) groups is 2. The third-order valence-electron chi connectivity index (χ3n) is 10.4. The third-order valence-corrected chi connectivity index (χ3v) is 10.4. The first-order valence-electron chi connectivity index (χ1n) is 18.7. The van der Waals surface area contributed by atoms with E-state index in [2.05, 4.69) is 19.9 Å². The summed E-state index contributed by atoms with van der Waals surface area (Å²) in [6.07, 6.45) is 3.16. The Balaban J connectivity index is 1.30. The zero-order valence-corrected chi connectivity index (χ0v) is 32.7. The first kappa shape index (κ1) is 38.3. The third kappa shape index (κ3) is 7.38. The number of allylic oxidation sites excluding steroid dienone is 1. The lowest BCUT2D eigenvalue weighted by atomic mass is 9.87. The van der Waals surface area contributed by atoms with Crippen molar-refractivity contribution in [2.75, 3.05) is 28.4 Å². The van der Waals surface area contributed by atoms with Crippen LogP contribution in [0.5, 0.6) is 23.0 Å². The van der Waals surface area contributed by atoms with Crippen molar-refractivity contribution in [2.24, 2.45) is 4.99 Å². The second kappa shape index (κ2) is 16.1. The van der Waals surface area contributed by atoms with Crippen LogP contribution in [0.1, 0.15) is 49.8 Å². The Hall–Kier alpha value is -7.63. The number of aliphatic hydroxyl groups is 1. The normalized spacial score (nSPS) is 14.3. The summed E-state index contributed by atoms with van der Waals surface area (Å²) in [5, 5.41) is 14.5. The van der Waals surface area contributed by atoms with E-state index >= 15 is 0 Å². The van der Waals surface area contributed by atoms with E-state index in [0.29, 0.717) is 62.6 Å². The highest BCUT2D eigenvalue weighted by Gasteiger charge is 2.37. The topological polar surface area (TPSA) is 151 Å². The zero-order valence-electron chi connectivity index (χ0n) is 32.7. The van der Waals surface area contributed by atoms with Crippen LogP contribution < -0.4 is 29.6 Å². The van der Waals surface area contributed by atoms with Gasteiger partial charge < -0.3 is 39.0 Å². The maximum absolute atomic E-state index is 13.6. The van der Waals surface area contributed by atoms with E-state index in [-0.39, 0.29) is 11.7 Å². The molecule has 1 amide bonds. The Morgan fingerprint density at radius 1 is 0.508 bits per heavy atom. The predicted octanol–water partition coefficient (Wildman–Crippen LogP) is 6.20. The molecular formula is C48H40N4O7. The van der Waals surface area contributed by atoms with Gasteiger partial charge in [-0.05, 0) is 120 Å². The molecule has 0 saturated heterocycles. The van der Waals surface area contributed by atoms with Crippen molar-refractivity contribution in [2.45, 2.75) is 5.60 Å². The number of aliphatic imine (C=N–C) groups is 1. The number of H-pyrrole nitrogens is 3. The highest BCUT2D eigenvalue weighted by atomic mass is 16.5. The molecule has 11 nitrogen and oxygen atoms in total. The molecule has 0 fully saturated rings. The number of hydrogen-bond donors (Lipinski definition) is 4. The van der Waals surface area contributed by atoms with Gasteiger partial charge in [0.25, 0.3) is 5.91 Å². The van der Waals surface area contributed by atoms with Gasteiger partial charge in [0.15, 0.2) is 5.60 Å². The molecule has 0 spiro atoms. The fourth-order valence-electron chi connectivity index (χ4n) is 7.26. The highest BCUT2D eigenvalue weighted by Crippen LogP contribution is 2.38. The van der Waals surface area contributed by atoms with Gasteiger partial charge in [0.1, 0.15) is 23.0 Å². The molecule has 8 rings (SSSR count). The standard InChI is InChI=1S/C48H40N4O7/c1-56-33-13-5-29(6-14-33)45(37-21-22-38(49-37)46(40-25-28-44(53)52-40)30-7-15-34(57-2)16-8-30)39-23-26-42(50-39)48(55,32-11-19-36(59-4)20-12-32)43-27-24-41(51-43)47(54)31-9-17-35(58-3)18-10-31/h5-28,49-51,55H,1-4H3/b45-37-,46-38+. The lowest BCUT2D eigenvalue weighted by Crippen LogP contribution is -2.30. The van der Waals surface area contributed by atoms with Crippen LogP contribution in [-0.4, -0.2) is 65.9 Å². The maximum atomic E-state index is 13.6. The molecule has 3 aromatic heterocycles. The smallest absolute Gasteiger partial charge is 0.270 e. The Bertz CT molecular complexity index is 2840. The molecule has 11 heteroatoms. The van der Waals surface area contributed by atoms with Crippen molar-refractivity contribution in [1.29, 1.82) is 0 Å². The molecule has 1 aliphatic rings. The van der Waals surface area contributed by atoms with E-state index in [9.17, 15) is 14.7 Å². The zero-order chi connectivity index (χ0) is 41.1. The molecule has 4 heterocycles. The van der Waals surface area contributed by atoms with Gasteiger partial charge in [0.2, 0.25) is 5.78 Å². The van der Waals surface area contributed by atoms with E-state index in [1.807, 2.05) is 72.8 Å². The number of hydrogen-bond acceptors (Lipinski definition) is 7. The molecule has 0 radical (unpaired) electrons. The van der Waals surface area contributed by atoms with Crippen LogP contribution in [0.4, 0.5) is 0 Å². The second-order valence-corrected chi connectivity index (χ2v) is 13.7. The molecule has 0 saturated carbocycles. The molecule has 0 bridgehead atoms. The number of nitrogens with zero attached hydrogens (tertiary/aromatic N) is 1. The van der Waals surface area contributed by atoms with Crippen LogP contribution in [0.2, 0.25) is 0 Å². The van der Waals surface area contributed by atoms with E-state index in [1.165, 1.54) is 6.08 Å². The Kier molecular flexibility index (Phi) is 10.4. The molecule has 1 unspecified atom stereocenters. The Morgan fingerprint density at radius 3 is 1.44 bits per heavy atom.